The number of nitrogens with one attached hydrogen (secondary N) is 1. The molecular weight excluding hydrogens is 335 g/mol. The van der Waals surface area contributed by atoms with Gasteiger partial charge in [0.2, 0.25) is 5.91 Å². The first kappa shape index (κ1) is 17.1. The number of alkyl halides is 3. The highest BCUT2D eigenvalue weighted by molar-refractivity contribution is 5.79. The quantitative estimate of drug-likeness (QED) is 0.918. The van der Waals surface area contributed by atoms with Crippen molar-refractivity contribution in [2.45, 2.75) is 19.3 Å². The van der Waals surface area contributed by atoms with Crippen molar-refractivity contribution in [2.24, 2.45) is 5.92 Å². The summed E-state index contributed by atoms with van der Waals surface area (Å²) >= 11 is 0. The summed E-state index contributed by atoms with van der Waals surface area (Å²) in [6.45, 7) is 0.532. The van der Waals surface area contributed by atoms with Crippen LogP contribution in [0, 0.1) is 5.92 Å². The van der Waals surface area contributed by atoms with Gasteiger partial charge in [0.25, 0.3) is 0 Å². The van der Waals surface area contributed by atoms with Crippen molar-refractivity contribution >= 4 is 5.91 Å². The van der Waals surface area contributed by atoms with Gasteiger partial charge in [-0.15, -0.1) is 13.2 Å². The van der Waals surface area contributed by atoms with Crippen LogP contribution in [-0.4, -0.2) is 18.9 Å². The molecule has 2 aromatic carbocycles. The molecule has 3 rings (SSSR count). The molecule has 1 aliphatic heterocycles. The third-order valence-corrected chi connectivity index (χ3v) is 3.87. The first-order valence-corrected chi connectivity index (χ1v) is 7.74. The van der Waals surface area contributed by atoms with Crippen molar-refractivity contribution in [1.29, 1.82) is 0 Å². The van der Waals surface area contributed by atoms with E-state index in [0.717, 1.165) is 11.3 Å². The lowest BCUT2D eigenvalue weighted by molar-refractivity contribution is -0.274. The summed E-state index contributed by atoms with van der Waals surface area (Å²) in [5.74, 6) is 0.0690. The minimum absolute atomic E-state index is 0.148. The number of amides is 1. The van der Waals surface area contributed by atoms with Gasteiger partial charge >= 0.3 is 6.36 Å². The second-order valence-corrected chi connectivity index (χ2v) is 5.73. The lowest BCUT2D eigenvalue weighted by atomic mass is 9.96. The number of carbonyl (C=O) groups excluding carboxylic acids is 1. The molecule has 4 nitrogen and oxygen atoms in total. The van der Waals surface area contributed by atoms with Crippen LogP contribution in [0.4, 0.5) is 13.2 Å². The number of halogens is 3. The zero-order valence-corrected chi connectivity index (χ0v) is 13.2. The van der Waals surface area contributed by atoms with Gasteiger partial charge in [-0.05, 0) is 35.7 Å². The summed E-state index contributed by atoms with van der Waals surface area (Å²) in [5.41, 5.74) is 1.67. The summed E-state index contributed by atoms with van der Waals surface area (Å²) in [6.07, 6.45) is -4.12. The number of fused-ring (bicyclic) bond motifs is 1. The zero-order valence-electron chi connectivity index (χ0n) is 13.2. The Morgan fingerprint density at radius 3 is 2.60 bits per heavy atom. The van der Waals surface area contributed by atoms with Crippen molar-refractivity contribution in [2.75, 3.05) is 6.61 Å². The predicted octanol–water partition coefficient (Wildman–Crippen LogP) is 3.45. The average molecular weight is 351 g/mol. The van der Waals surface area contributed by atoms with Gasteiger partial charge in [-0.1, -0.05) is 30.3 Å². The summed E-state index contributed by atoms with van der Waals surface area (Å²) in [7, 11) is 0. The number of ether oxygens (including phenoxy) is 2. The lowest BCUT2D eigenvalue weighted by Crippen LogP contribution is -2.37. The maximum Gasteiger partial charge on any atom is 0.573 e. The SMILES string of the molecule is O=C(NCc1ccc(OC(F)(F)F)cc1)[C@@H]1COc2ccccc2C1. The van der Waals surface area contributed by atoms with E-state index >= 15 is 0 Å². The molecular formula is C18H16F3NO3. The van der Waals surface area contributed by atoms with Crippen LogP contribution in [0.3, 0.4) is 0 Å². The molecule has 1 N–H and O–H groups in total. The Kier molecular flexibility index (Phi) is 4.83. The van der Waals surface area contributed by atoms with Gasteiger partial charge in [0.1, 0.15) is 18.1 Å². The molecule has 0 aromatic heterocycles. The number of para-hydroxylation sites is 1. The second kappa shape index (κ2) is 7.04. The smallest absolute Gasteiger partial charge is 0.492 e. The second-order valence-electron chi connectivity index (χ2n) is 5.73. The van der Waals surface area contributed by atoms with E-state index in [-0.39, 0.29) is 24.1 Å². The molecule has 0 bridgehead atoms. The highest BCUT2D eigenvalue weighted by atomic mass is 19.4. The molecule has 0 spiro atoms. The molecule has 7 heteroatoms. The van der Waals surface area contributed by atoms with Crippen molar-refractivity contribution in [3.63, 3.8) is 0 Å². The minimum Gasteiger partial charge on any atom is -0.492 e. The maximum absolute atomic E-state index is 12.3. The fraction of sp³-hybridized carbons (Fsp3) is 0.278. The predicted molar refractivity (Wildman–Crippen MR) is 84.1 cm³/mol. The molecule has 2 aromatic rings. The van der Waals surface area contributed by atoms with Crippen molar-refractivity contribution in [3.8, 4) is 11.5 Å². The van der Waals surface area contributed by atoms with Crippen molar-refractivity contribution in [1.82, 2.24) is 5.32 Å². The van der Waals surface area contributed by atoms with Crippen LogP contribution in [0.2, 0.25) is 0 Å². The molecule has 25 heavy (non-hydrogen) atoms. The van der Waals surface area contributed by atoms with E-state index in [1.807, 2.05) is 24.3 Å². The molecule has 1 amide bonds. The van der Waals surface area contributed by atoms with Crippen LogP contribution in [0.5, 0.6) is 11.5 Å². The minimum atomic E-state index is -4.72. The topological polar surface area (TPSA) is 47.6 Å². The van der Waals surface area contributed by atoms with E-state index in [1.165, 1.54) is 24.3 Å². The first-order valence-electron chi connectivity index (χ1n) is 7.74. The highest BCUT2D eigenvalue weighted by Crippen LogP contribution is 2.27. The molecule has 0 radical (unpaired) electrons. The fourth-order valence-electron chi connectivity index (χ4n) is 2.64. The van der Waals surface area contributed by atoms with Crippen molar-refractivity contribution in [3.05, 3.63) is 59.7 Å². The average Bonchev–Trinajstić information content (AvgIpc) is 2.59. The Morgan fingerprint density at radius 1 is 1.16 bits per heavy atom. The molecule has 0 fully saturated rings. The Labute approximate surface area is 142 Å². The van der Waals surface area contributed by atoms with Crippen LogP contribution in [0.15, 0.2) is 48.5 Å². The first-order chi connectivity index (χ1) is 11.9. The van der Waals surface area contributed by atoms with Crippen LogP contribution in [0.25, 0.3) is 0 Å². The van der Waals surface area contributed by atoms with E-state index in [0.29, 0.717) is 18.6 Å². The van der Waals surface area contributed by atoms with Gasteiger partial charge in [-0.3, -0.25) is 4.79 Å². The number of benzene rings is 2. The van der Waals surface area contributed by atoms with E-state index in [2.05, 4.69) is 10.1 Å². The Bertz CT molecular complexity index is 744. The van der Waals surface area contributed by atoms with Gasteiger partial charge in [0.15, 0.2) is 0 Å². The van der Waals surface area contributed by atoms with Crippen LogP contribution in [-0.2, 0) is 17.8 Å². The Balaban J connectivity index is 1.53. The summed E-state index contributed by atoms with van der Waals surface area (Å²) in [6, 6.07) is 13.0. The summed E-state index contributed by atoms with van der Waals surface area (Å²) in [4.78, 5) is 12.3. The molecule has 1 heterocycles. The van der Waals surface area contributed by atoms with E-state index < -0.39 is 6.36 Å². The van der Waals surface area contributed by atoms with Gasteiger partial charge in [0, 0.05) is 6.54 Å². The number of hydrogen-bond donors (Lipinski definition) is 1. The molecule has 0 aliphatic carbocycles. The maximum atomic E-state index is 12.3. The fourth-order valence-corrected chi connectivity index (χ4v) is 2.64. The van der Waals surface area contributed by atoms with E-state index in [9.17, 15) is 18.0 Å². The normalized spacial score (nSPS) is 16.5. The number of carbonyl (C=O) groups is 1. The molecule has 0 saturated carbocycles. The van der Waals surface area contributed by atoms with E-state index in [1.54, 1.807) is 0 Å². The Morgan fingerprint density at radius 2 is 1.88 bits per heavy atom. The Hall–Kier alpha value is -2.70. The molecule has 0 unspecified atom stereocenters. The third kappa shape index (κ3) is 4.65. The van der Waals surface area contributed by atoms with Gasteiger partial charge in [-0.2, -0.15) is 0 Å². The third-order valence-electron chi connectivity index (χ3n) is 3.87. The van der Waals surface area contributed by atoms with Crippen LogP contribution in [0.1, 0.15) is 11.1 Å². The van der Waals surface area contributed by atoms with Crippen molar-refractivity contribution < 1.29 is 27.4 Å². The highest BCUT2D eigenvalue weighted by Gasteiger charge is 2.31. The summed E-state index contributed by atoms with van der Waals surface area (Å²) < 4.78 is 45.7. The lowest BCUT2D eigenvalue weighted by Gasteiger charge is -2.24. The largest absolute Gasteiger partial charge is 0.573 e. The standard InChI is InChI=1S/C18H16F3NO3/c19-18(20,21)25-15-7-5-12(6-8-15)10-22-17(23)14-9-13-3-1-2-4-16(13)24-11-14/h1-8,14H,9-11H2,(H,22,23)/t14-/m0/s1. The molecule has 1 atom stereocenters. The van der Waals surface area contributed by atoms with Gasteiger partial charge in [-0.25, -0.2) is 0 Å². The van der Waals surface area contributed by atoms with Gasteiger partial charge in [0.05, 0.1) is 5.92 Å². The zero-order chi connectivity index (χ0) is 17.9. The van der Waals surface area contributed by atoms with Gasteiger partial charge < -0.3 is 14.8 Å². The number of rotatable bonds is 4. The molecule has 0 saturated heterocycles. The number of hydrogen-bond acceptors (Lipinski definition) is 3. The van der Waals surface area contributed by atoms with E-state index in [4.69, 9.17) is 4.74 Å². The van der Waals surface area contributed by atoms with Crippen LogP contribution >= 0.6 is 0 Å². The molecule has 1 aliphatic rings. The van der Waals surface area contributed by atoms with Crippen LogP contribution < -0.4 is 14.8 Å². The summed E-state index contributed by atoms with van der Waals surface area (Å²) in [5, 5.41) is 2.79. The monoisotopic (exact) mass is 351 g/mol. The molecule has 132 valence electrons.